The van der Waals surface area contributed by atoms with E-state index in [0.29, 0.717) is 34.3 Å². The van der Waals surface area contributed by atoms with Crippen LogP contribution in [0.4, 0.5) is 5.00 Å². The van der Waals surface area contributed by atoms with Crippen molar-refractivity contribution in [1.82, 2.24) is 4.98 Å². The van der Waals surface area contributed by atoms with Crippen molar-refractivity contribution in [3.63, 3.8) is 0 Å². The molecule has 0 saturated heterocycles. The molecule has 6 heteroatoms. The molecule has 5 aromatic rings. The Hall–Kier alpha value is -4.47. The summed E-state index contributed by atoms with van der Waals surface area (Å²) in [5.74, 6) is 0.891. The van der Waals surface area contributed by atoms with Crippen molar-refractivity contribution in [2.24, 2.45) is 0 Å². The Morgan fingerprint density at radius 2 is 1.79 bits per heavy atom. The molecule has 194 valence electrons. The van der Waals surface area contributed by atoms with Crippen molar-refractivity contribution in [1.29, 1.82) is 5.26 Å². The van der Waals surface area contributed by atoms with E-state index in [1.807, 2.05) is 62.4 Å². The van der Waals surface area contributed by atoms with E-state index in [9.17, 15) is 10.1 Å². The van der Waals surface area contributed by atoms with Crippen molar-refractivity contribution < 1.29 is 9.53 Å². The fourth-order valence-electron chi connectivity index (χ4n) is 4.72. The molecule has 0 fully saturated rings. The van der Waals surface area contributed by atoms with Gasteiger partial charge in [0.25, 0.3) is 5.91 Å². The molecule has 0 unspecified atom stereocenters. The van der Waals surface area contributed by atoms with Crippen LogP contribution in [-0.4, -0.2) is 17.5 Å². The van der Waals surface area contributed by atoms with E-state index >= 15 is 0 Å². The van der Waals surface area contributed by atoms with Crippen molar-refractivity contribution in [3.8, 4) is 34.2 Å². The predicted molar refractivity (Wildman–Crippen MR) is 160 cm³/mol. The number of hydrogen-bond donors (Lipinski definition) is 1. The van der Waals surface area contributed by atoms with Crippen LogP contribution in [0.25, 0.3) is 33.3 Å². The number of carbonyl (C=O) groups is 1. The van der Waals surface area contributed by atoms with E-state index in [4.69, 9.17) is 9.72 Å². The molecule has 39 heavy (non-hydrogen) atoms. The number of ether oxygens (including phenoxy) is 1. The Kier molecular flexibility index (Phi) is 7.44. The smallest absolute Gasteiger partial charge is 0.257 e. The second kappa shape index (κ2) is 11.1. The van der Waals surface area contributed by atoms with Gasteiger partial charge in [-0.25, -0.2) is 4.98 Å². The number of aromatic nitrogens is 1. The minimum atomic E-state index is -0.282. The lowest BCUT2D eigenvalue weighted by atomic mass is 9.97. The summed E-state index contributed by atoms with van der Waals surface area (Å²) in [7, 11) is 0. The van der Waals surface area contributed by atoms with Crippen LogP contribution in [0.2, 0.25) is 0 Å². The van der Waals surface area contributed by atoms with Gasteiger partial charge in [0.05, 0.1) is 28.9 Å². The van der Waals surface area contributed by atoms with Gasteiger partial charge in [-0.15, -0.1) is 11.3 Å². The van der Waals surface area contributed by atoms with E-state index in [2.05, 4.69) is 49.5 Å². The van der Waals surface area contributed by atoms with Gasteiger partial charge in [-0.05, 0) is 55.2 Å². The molecule has 0 aliphatic heterocycles. The number of nitrogens with zero attached hydrogens (tertiary/aromatic N) is 2. The summed E-state index contributed by atoms with van der Waals surface area (Å²) in [5.41, 5.74) is 6.30. The number of pyridine rings is 1. The molecule has 0 atom stereocenters. The molecule has 0 aliphatic carbocycles. The highest BCUT2D eigenvalue weighted by molar-refractivity contribution is 7.17. The number of fused-ring (bicyclic) bond motifs is 1. The molecule has 1 amide bonds. The molecule has 0 spiro atoms. The maximum atomic E-state index is 13.8. The lowest BCUT2D eigenvalue weighted by Gasteiger charge is -2.11. The first-order valence-corrected chi connectivity index (χ1v) is 13.8. The minimum Gasteiger partial charge on any atom is -0.494 e. The Morgan fingerprint density at radius 1 is 1.03 bits per heavy atom. The first-order valence-electron chi connectivity index (χ1n) is 13.0. The summed E-state index contributed by atoms with van der Waals surface area (Å²) in [6.07, 6.45) is 0. The number of para-hydroxylation sites is 1. The maximum absolute atomic E-state index is 13.8. The molecule has 0 saturated carbocycles. The van der Waals surface area contributed by atoms with Crippen LogP contribution < -0.4 is 10.1 Å². The van der Waals surface area contributed by atoms with Crippen LogP contribution in [0.3, 0.4) is 0 Å². The summed E-state index contributed by atoms with van der Waals surface area (Å²) >= 11 is 1.42. The third kappa shape index (κ3) is 5.27. The number of amides is 1. The maximum Gasteiger partial charge on any atom is 0.257 e. The number of thiophene rings is 1. The van der Waals surface area contributed by atoms with Crippen LogP contribution in [0.1, 0.15) is 53.1 Å². The fourth-order valence-corrected chi connectivity index (χ4v) is 5.74. The van der Waals surface area contributed by atoms with Gasteiger partial charge in [0, 0.05) is 21.4 Å². The van der Waals surface area contributed by atoms with Crippen LogP contribution in [0.5, 0.6) is 5.75 Å². The molecule has 2 aromatic heterocycles. The zero-order valence-corrected chi connectivity index (χ0v) is 23.2. The number of anilines is 1. The largest absolute Gasteiger partial charge is 0.494 e. The van der Waals surface area contributed by atoms with Crippen molar-refractivity contribution in [3.05, 3.63) is 100 Å². The van der Waals surface area contributed by atoms with E-state index in [1.54, 1.807) is 6.07 Å². The molecule has 0 aliphatic rings. The summed E-state index contributed by atoms with van der Waals surface area (Å²) < 4.78 is 5.67. The van der Waals surface area contributed by atoms with Crippen molar-refractivity contribution in [2.75, 3.05) is 11.9 Å². The van der Waals surface area contributed by atoms with E-state index in [0.717, 1.165) is 38.2 Å². The monoisotopic (exact) mass is 531 g/mol. The first-order chi connectivity index (χ1) is 18.9. The van der Waals surface area contributed by atoms with Gasteiger partial charge in [0.2, 0.25) is 0 Å². The highest BCUT2D eigenvalue weighted by atomic mass is 32.1. The van der Waals surface area contributed by atoms with E-state index < -0.39 is 0 Å². The van der Waals surface area contributed by atoms with Gasteiger partial charge in [0.15, 0.2) is 0 Å². The number of rotatable bonds is 7. The van der Waals surface area contributed by atoms with Gasteiger partial charge < -0.3 is 10.1 Å². The molecule has 0 radical (unpaired) electrons. The number of aryl methyl sites for hydroxylation is 1. The third-order valence-corrected chi connectivity index (χ3v) is 7.71. The molecule has 1 N–H and O–H groups in total. The zero-order chi connectivity index (χ0) is 27.5. The Labute approximate surface area is 232 Å². The van der Waals surface area contributed by atoms with Crippen LogP contribution in [0.15, 0.2) is 78.9 Å². The van der Waals surface area contributed by atoms with Gasteiger partial charge >= 0.3 is 0 Å². The Morgan fingerprint density at radius 3 is 2.51 bits per heavy atom. The quantitative estimate of drug-likeness (QED) is 0.228. The first kappa shape index (κ1) is 26.1. The van der Waals surface area contributed by atoms with E-state index in [-0.39, 0.29) is 5.91 Å². The SMILES string of the molecule is CCOc1cccc(-c2cc(C(=O)Nc3sc(C)c(-c4ccc(C(C)C)cc4)c3C#N)c3ccccc3n2)c1. The van der Waals surface area contributed by atoms with E-state index in [1.165, 1.54) is 16.9 Å². The van der Waals surface area contributed by atoms with Gasteiger partial charge in [-0.1, -0.05) is 68.4 Å². The normalized spacial score (nSPS) is 11.0. The predicted octanol–water partition coefficient (Wildman–Crippen LogP) is 8.58. The number of nitriles is 1. The highest BCUT2D eigenvalue weighted by Gasteiger charge is 2.21. The molecule has 0 bridgehead atoms. The van der Waals surface area contributed by atoms with Crippen molar-refractivity contribution >= 4 is 33.1 Å². The molecule has 2 heterocycles. The van der Waals surface area contributed by atoms with Crippen LogP contribution >= 0.6 is 11.3 Å². The summed E-state index contributed by atoms with van der Waals surface area (Å²) in [5, 5.41) is 14.5. The third-order valence-electron chi connectivity index (χ3n) is 6.69. The average molecular weight is 532 g/mol. The topological polar surface area (TPSA) is 75.0 Å². The summed E-state index contributed by atoms with van der Waals surface area (Å²) in [6.45, 7) is 8.80. The lowest BCUT2D eigenvalue weighted by Crippen LogP contribution is -2.13. The Balaban J connectivity index is 1.54. The van der Waals surface area contributed by atoms with Gasteiger partial charge in [-0.2, -0.15) is 5.26 Å². The Bertz CT molecular complexity index is 1710. The summed E-state index contributed by atoms with van der Waals surface area (Å²) in [6, 6.07) is 27.7. The average Bonchev–Trinajstić information content (AvgIpc) is 3.26. The highest BCUT2D eigenvalue weighted by Crippen LogP contribution is 2.40. The standard InChI is InChI=1S/C33H29N3O2S/c1-5-38-25-10-8-9-24(17-25)30-18-27(26-11-6-7-12-29(26)35-30)32(37)36-33-28(19-34)31(21(4)39-33)23-15-13-22(14-16-23)20(2)3/h6-18,20H,5H2,1-4H3,(H,36,37). The number of nitrogens with one attached hydrogen (secondary N) is 1. The number of benzene rings is 3. The zero-order valence-electron chi connectivity index (χ0n) is 22.4. The van der Waals surface area contributed by atoms with Gasteiger partial charge in [-0.3, -0.25) is 4.79 Å². The second-order valence-electron chi connectivity index (χ2n) is 9.61. The van der Waals surface area contributed by atoms with Crippen LogP contribution in [0, 0.1) is 18.3 Å². The molecule has 5 nitrogen and oxygen atoms in total. The van der Waals surface area contributed by atoms with Crippen molar-refractivity contribution in [2.45, 2.75) is 33.6 Å². The van der Waals surface area contributed by atoms with Crippen LogP contribution in [-0.2, 0) is 0 Å². The van der Waals surface area contributed by atoms with Gasteiger partial charge in [0.1, 0.15) is 16.8 Å². The number of carbonyl (C=O) groups excluding carboxylic acids is 1. The molecule has 5 rings (SSSR count). The lowest BCUT2D eigenvalue weighted by molar-refractivity contribution is 0.102. The number of hydrogen-bond acceptors (Lipinski definition) is 5. The molecular formula is C33H29N3O2S. The fraction of sp³-hybridized carbons (Fsp3) is 0.182. The molecular weight excluding hydrogens is 502 g/mol. The summed E-state index contributed by atoms with van der Waals surface area (Å²) in [4.78, 5) is 19.6. The molecule has 3 aromatic carbocycles. The second-order valence-corrected chi connectivity index (χ2v) is 10.8. The minimum absolute atomic E-state index is 0.282.